The zero-order valence-corrected chi connectivity index (χ0v) is 13.0. The van der Waals surface area contributed by atoms with Gasteiger partial charge in [-0.3, -0.25) is 5.32 Å². The number of carboxylic acids is 1. The van der Waals surface area contributed by atoms with Gasteiger partial charge in [-0.05, 0) is 11.8 Å². The zero-order valence-electron chi connectivity index (χ0n) is 12.1. The average Bonchev–Trinajstić information content (AvgIpc) is 2.83. The summed E-state index contributed by atoms with van der Waals surface area (Å²) in [5.41, 5.74) is 0.905. The van der Waals surface area contributed by atoms with Crippen molar-refractivity contribution in [2.75, 3.05) is 5.32 Å². The van der Waals surface area contributed by atoms with Gasteiger partial charge in [-0.2, -0.15) is 0 Å². The van der Waals surface area contributed by atoms with Crippen LogP contribution in [0.5, 0.6) is 0 Å². The van der Waals surface area contributed by atoms with Crippen molar-refractivity contribution < 1.29 is 14.7 Å². The summed E-state index contributed by atoms with van der Waals surface area (Å²) in [5.74, 6) is -0.881. The maximum absolute atomic E-state index is 11.8. The molecular weight excluding hydrogens is 278 g/mol. The molecule has 1 rings (SSSR count). The number of rotatable bonds is 6. The molecule has 0 aliphatic rings. The summed E-state index contributed by atoms with van der Waals surface area (Å²) >= 11 is 1.33. The number of anilines is 1. The number of aromatic nitrogens is 1. The third-order valence-corrected chi connectivity index (χ3v) is 3.88. The summed E-state index contributed by atoms with van der Waals surface area (Å²) in [4.78, 5) is 27.2. The number of carboxylic acid groups (broad SMARTS) is 1. The molecule has 0 radical (unpaired) electrons. The first-order valence-corrected chi connectivity index (χ1v) is 7.48. The molecule has 0 bridgehead atoms. The quantitative estimate of drug-likeness (QED) is 0.753. The van der Waals surface area contributed by atoms with Gasteiger partial charge < -0.3 is 10.4 Å². The van der Waals surface area contributed by atoms with Crippen LogP contribution in [0, 0.1) is 5.92 Å². The van der Waals surface area contributed by atoms with E-state index in [0.717, 1.165) is 5.69 Å². The second-order valence-electron chi connectivity index (χ2n) is 5.03. The molecule has 1 aromatic heterocycles. The number of amides is 2. The van der Waals surface area contributed by atoms with E-state index >= 15 is 0 Å². The number of urea groups is 1. The van der Waals surface area contributed by atoms with E-state index in [1.54, 1.807) is 6.92 Å². The van der Waals surface area contributed by atoms with E-state index in [2.05, 4.69) is 15.6 Å². The minimum Gasteiger partial charge on any atom is -0.480 e. The van der Waals surface area contributed by atoms with Gasteiger partial charge in [0.25, 0.3) is 0 Å². The van der Waals surface area contributed by atoms with Gasteiger partial charge in [0.1, 0.15) is 6.04 Å². The lowest BCUT2D eigenvalue weighted by atomic mass is 10.00. The van der Waals surface area contributed by atoms with E-state index in [0.29, 0.717) is 11.6 Å². The fourth-order valence-corrected chi connectivity index (χ4v) is 2.43. The molecule has 112 valence electrons. The Hall–Kier alpha value is -1.63. The highest BCUT2D eigenvalue weighted by Crippen LogP contribution is 2.21. The Bertz CT molecular complexity index is 473. The second-order valence-corrected chi connectivity index (χ2v) is 5.89. The van der Waals surface area contributed by atoms with Crippen molar-refractivity contribution in [2.45, 2.75) is 46.1 Å². The van der Waals surface area contributed by atoms with E-state index in [-0.39, 0.29) is 11.8 Å². The van der Waals surface area contributed by atoms with Crippen LogP contribution in [0.4, 0.5) is 9.93 Å². The molecule has 0 saturated heterocycles. The van der Waals surface area contributed by atoms with Crippen molar-refractivity contribution in [3.05, 3.63) is 11.1 Å². The maximum atomic E-state index is 11.8. The zero-order chi connectivity index (χ0) is 15.3. The van der Waals surface area contributed by atoms with Crippen LogP contribution in [-0.2, 0) is 4.79 Å². The molecule has 20 heavy (non-hydrogen) atoms. The average molecular weight is 299 g/mol. The largest absolute Gasteiger partial charge is 0.480 e. The van der Waals surface area contributed by atoms with Gasteiger partial charge in [0, 0.05) is 5.38 Å². The van der Waals surface area contributed by atoms with Crippen LogP contribution in [0.15, 0.2) is 5.38 Å². The molecule has 3 N–H and O–H groups in total. The summed E-state index contributed by atoms with van der Waals surface area (Å²) < 4.78 is 0. The van der Waals surface area contributed by atoms with Crippen LogP contribution in [0.1, 0.15) is 45.7 Å². The Kier molecular flexibility index (Phi) is 5.94. The minimum atomic E-state index is -1.03. The van der Waals surface area contributed by atoms with Gasteiger partial charge in [-0.25, -0.2) is 14.6 Å². The van der Waals surface area contributed by atoms with E-state index in [9.17, 15) is 9.59 Å². The molecule has 0 aliphatic heterocycles. The van der Waals surface area contributed by atoms with Gasteiger partial charge in [-0.1, -0.05) is 34.1 Å². The van der Waals surface area contributed by atoms with Crippen molar-refractivity contribution in [3.8, 4) is 0 Å². The third kappa shape index (κ3) is 4.48. The molecule has 0 aromatic carbocycles. The minimum absolute atomic E-state index is 0.138. The van der Waals surface area contributed by atoms with Crippen LogP contribution in [0.3, 0.4) is 0 Å². The number of carbonyl (C=O) groups is 2. The fourth-order valence-electron chi connectivity index (χ4n) is 1.57. The topological polar surface area (TPSA) is 91.3 Å². The molecule has 6 nitrogen and oxygen atoms in total. The van der Waals surface area contributed by atoms with Crippen molar-refractivity contribution in [1.82, 2.24) is 10.3 Å². The highest BCUT2D eigenvalue weighted by atomic mass is 32.1. The van der Waals surface area contributed by atoms with Gasteiger partial charge >= 0.3 is 12.0 Å². The molecular formula is C13H21N3O3S. The number of aliphatic carboxylic acids is 1. The lowest BCUT2D eigenvalue weighted by Crippen LogP contribution is -2.46. The Labute approximate surface area is 122 Å². The molecule has 2 amide bonds. The van der Waals surface area contributed by atoms with Crippen molar-refractivity contribution in [3.63, 3.8) is 0 Å². The monoisotopic (exact) mass is 299 g/mol. The Morgan fingerprint density at radius 3 is 2.50 bits per heavy atom. The highest BCUT2D eigenvalue weighted by Gasteiger charge is 2.25. The summed E-state index contributed by atoms with van der Waals surface area (Å²) in [7, 11) is 0. The lowest BCUT2D eigenvalue weighted by molar-refractivity contribution is -0.140. The van der Waals surface area contributed by atoms with Crippen LogP contribution < -0.4 is 10.6 Å². The summed E-state index contributed by atoms with van der Waals surface area (Å²) in [5, 5.41) is 16.5. The Morgan fingerprint density at radius 1 is 1.40 bits per heavy atom. The molecule has 7 heteroatoms. The van der Waals surface area contributed by atoms with Gasteiger partial charge in [0.2, 0.25) is 0 Å². The van der Waals surface area contributed by atoms with Gasteiger partial charge in [0.15, 0.2) is 5.13 Å². The van der Waals surface area contributed by atoms with Crippen molar-refractivity contribution in [2.24, 2.45) is 5.92 Å². The standard InChI is InChI=1S/C13H21N3O3S/c1-5-8(4)10(11(17)18)15-12(19)16-13-14-9(6-20-13)7(2)3/h6-8,10H,5H2,1-4H3,(H,17,18)(H2,14,15,16,19)/t8-,10-/m0/s1. The number of nitrogens with zero attached hydrogens (tertiary/aromatic N) is 1. The molecule has 0 aliphatic carbocycles. The Balaban J connectivity index is 2.63. The van der Waals surface area contributed by atoms with E-state index in [1.165, 1.54) is 11.3 Å². The summed E-state index contributed by atoms with van der Waals surface area (Å²) in [6.45, 7) is 7.71. The number of thiazole rings is 1. The smallest absolute Gasteiger partial charge is 0.326 e. The number of hydrogen-bond donors (Lipinski definition) is 3. The van der Waals surface area contributed by atoms with Crippen LogP contribution in [0.2, 0.25) is 0 Å². The number of carbonyl (C=O) groups excluding carboxylic acids is 1. The number of nitrogens with one attached hydrogen (secondary N) is 2. The molecule has 1 aromatic rings. The first-order valence-electron chi connectivity index (χ1n) is 6.60. The number of hydrogen-bond acceptors (Lipinski definition) is 4. The molecule has 0 fully saturated rings. The molecule has 0 unspecified atom stereocenters. The lowest BCUT2D eigenvalue weighted by Gasteiger charge is -2.19. The van der Waals surface area contributed by atoms with E-state index < -0.39 is 18.0 Å². The predicted octanol–water partition coefficient (Wildman–Crippen LogP) is 2.89. The van der Waals surface area contributed by atoms with Crippen LogP contribution >= 0.6 is 11.3 Å². The second kappa shape index (κ2) is 7.23. The predicted molar refractivity (Wildman–Crippen MR) is 79.2 cm³/mol. The SMILES string of the molecule is CC[C@H](C)[C@H](NC(=O)Nc1nc(C(C)C)cs1)C(=O)O. The van der Waals surface area contributed by atoms with Crippen molar-refractivity contribution in [1.29, 1.82) is 0 Å². The van der Waals surface area contributed by atoms with Gasteiger partial charge in [0.05, 0.1) is 5.69 Å². The summed E-state index contributed by atoms with van der Waals surface area (Å²) in [6.07, 6.45) is 0.673. The first kappa shape index (κ1) is 16.4. The fraction of sp³-hybridized carbons (Fsp3) is 0.615. The van der Waals surface area contributed by atoms with Crippen molar-refractivity contribution >= 4 is 28.5 Å². The molecule has 1 heterocycles. The molecule has 0 saturated carbocycles. The first-order chi connectivity index (χ1) is 9.35. The highest BCUT2D eigenvalue weighted by molar-refractivity contribution is 7.13. The normalized spacial score (nSPS) is 13.8. The summed E-state index contributed by atoms with van der Waals surface area (Å²) in [6, 6.07) is -1.44. The van der Waals surface area contributed by atoms with Crippen LogP contribution in [-0.4, -0.2) is 28.1 Å². The molecule has 2 atom stereocenters. The van der Waals surface area contributed by atoms with Gasteiger partial charge in [-0.15, -0.1) is 11.3 Å². The maximum Gasteiger partial charge on any atom is 0.326 e. The Morgan fingerprint density at radius 2 is 2.05 bits per heavy atom. The third-order valence-electron chi connectivity index (χ3n) is 3.10. The van der Waals surface area contributed by atoms with E-state index in [4.69, 9.17) is 5.11 Å². The van der Waals surface area contributed by atoms with Crippen LogP contribution in [0.25, 0.3) is 0 Å². The van der Waals surface area contributed by atoms with E-state index in [1.807, 2.05) is 26.2 Å². The molecule has 0 spiro atoms.